The molecule has 16 heavy (non-hydrogen) atoms. The predicted molar refractivity (Wildman–Crippen MR) is 64.2 cm³/mol. The summed E-state index contributed by atoms with van der Waals surface area (Å²) in [6.07, 6.45) is 0. The molecule has 0 bridgehead atoms. The third kappa shape index (κ3) is 2.23. The van der Waals surface area contributed by atoms with E-state index in [9.17, 15) is 0 Å². The minimum atomic E-state index is -0.0217. The standard InChI is InChI=1S/C10H13N3O2S/c1-2-11-10-12-8(15-5-4-14)7-3-6-16-9(7)13-10/h3,6,14H,2,4-5H2,1H3,(H,11,12,13). The summed E-state index contributed by atoms with van der Waals surface area (Å²) in [6, 6.07) is 1.92. The number of thiophene rings is 1. The zero-order valence-corrected chi connectivity index (χ0v) is 9.75. The lowest BCUT2D eigenvalue weighted by atomic mass is 10.4. The molecule has 2 heterocycles. The largest absolute Gasteiger partial charge is 0.475 e. The Bertz CT molecular complexity index is 472. The van der Waals surface area contributed by atoms with Crippen molar-refractivity contribution in [3.05, 3.63) is 11.4 Å². The predicted octanol–water partition coefficient (Wildman–Crippen LogP) is 1.49. The average Bonchev–Trinajstić information content (AvgIpc) is 2.74. The maximum absolute atomic E-state index is 8.74. The Labute approximate surface area is 97.1 Å². The molecule has 0 unspecified atom stereocenters. The molecule has 0 amide bonds. The first-order valence-electron chi connectivity index (χ1n) is 5.08. The first-order chi connectivity index (χ1) is 7.85. The third-order valence-corrected chi connectivity index (χ3v) is 2.76. The lowest BCUT2D eigenvalue weighted by molar-refractivity contribution is 0.198. The van der Waals surface area contributed by atoms with Crippen LogP contribution in [0.3, 0.4) is 0 Å². The van der Waals surface area contributed by atoms with E-state index in [-0.39, 0.29) is 13.2 Å². The maximum Gasteiger partial charge on any atom is 0.227 e. The summed E-state index contributed by atoms with van der Waals surface area (Å²) in [5.41, 5.74) is 0. The molecule has 0 atom stereocenters. The fourth-order valence-electron chi connectivity index (χ4n) is 1.32. The van der Waals surface area contributed by atoms with Crippen molar-refractivity contribution < 1.29 is 9.84 Å². The second-order valence-electron chi connectivity index (χ2n) is 3.09. The molecule has 2 aromatic heterocycles. The highest BCUT2D eigenvalue weighted by Gasteiger charge is 2.09. The van der Waals surface area contributed by atoms with Crippen molar-refractivity contribution in [2.45, 2.75) is 6.92 Å². The average molecular weight is 239 g/mol. The van der Waals surface area contributed by atoms with Gasteiger partial charge in [0.2, 0.25) is 11.8 Å². The van der Waals surface area contributed by atoms with E-state index in [1.165, 1.54) is 0 Å². The topological polar surface area (TPSA) is 67.3 Å². The molecule has 0 fully saturated rings. The van der Waals surface area contributed by atoms with Crippen LogP contribution in [0.2, 0.25) is 0 Å². The number of fused-ring (bicyclic) bond motifs is 1. The molecule has 0 radical (unpaired) electrons. The van der Waals surface area contributed by atoms with Gasteiger partial charge in [0.1, 0.15) is 11.4 Å². The summed E-state index contributed by atoms with van der Waals surface area (Å²) < 4.78 is 5.38. The fraction of sp³-hybridized carbons (Fsp3) is 0.400. The van der Waals surface area contributed by atoms with Gasteiger partial charge in [-0.1, -0.05) is 0 Å². The van der Waals surface area contributed by atoms with Crippen molar-refractivity contribution >= 4 is 27.5 Å². The van der Waals surface area contributed by atoms with Crippen LogP contribution in [0.25, 0.3) is 10.2 Å². The fourth-order valence-corrected chi connectivity index (χ4v) is 2.07. The van der Waals surface area contributed by atoms with Crippen molar-refractivity contribution in [1.82, 2.24) is 9.97 Å². The lowest BCUT2D eigenvalue weighted by Gasteiger charge is -2.07. The van der Waals surface area contributed by atoms with E-state index >= 15 is 0 Å². The Balaban J connectivity index is 2.38. The summed E-state index contributed by atoms with van der Waals surface area (Å²) in [6.45, 7) is 2.96. The Morgan fingerprint density at radius 2 is 2.38 bits per heavy atom. The molecule has 2 rings (SSSR count). The van der Waals surface area contributed by atoms with Crippen molar-refractivity contribution in [3.8, 4) is 5.88 Å². The van der Waals surface area contributed by atoms with Gasteiger partial charge >= 0.3 is 0 Å². The van der Waals surface area contributed by atoms with Crippen LogP contribution in [0.5, 0.6) is 5.88 Å². The third-order valence-electron chi connectivity index (χ3n) is 1.96. The molecule has 0 spiro atoms. The van der Waals surface area contributed by atoms with E-state index in [4.69, 9.17) is 9.84 Å². The van der Waals surface area contributed by atoms with Gasteiger partial charge in [0.15, 0.2) is 0 Å². The van der Waals surface area contributed by atoms with Gasteiger partial charge in [-0.05, 0) is 18.4 Å². The Morgan fingerprint density at radius 1 is 1.50 bits per heavy atom. The highest BCUT2D eigenvalue weighted by molar-refractivity contribution is 7.16. The summed E-state index contributed by atoms with van der Waals surface area (Å²) in [5.74, 6) is 1.08. The molecule has 2 aromatic rings. The van der Waals surface area contributed by atoms with Crippen LogP contribution in [0.4, 0.5) is 5.95 Å². The Hall–Kier alpha value is -1.40. The molecule has 6 heteroatoms. The maximum atomic E-state index is 8.74. The molecule has 0 aliphatic rings. The zero-order chi connectivity index (χ0) is 11.4. The van der Waals surface area contributed by atoms with Gasteiger partial charge in [-0.15, -0.1) is 11.3 Å². The smallest absolute Gasteiger partial charge is 0.227 e. The van der Waals surface area contributed by atoms with Gasteiger partial charge in [0.25, 0.3) is 0 Å². The van der Waals surface area contributed by atoms with E-state index in [0.29, 0.717) is 11.8 Å². The highest BCUT2D eigenvalue weighted by atomic mass is 32.1. The quantitative estimate of drug-likeness (QED) is 0.827. The van der Waals surface area contributed by atoms with Gasteiger partial charge in [-0.2, -0.15) is 4.98 Å². The Morgan fingerprint density at radius 3 is 3.12 bits per heavy atom. The van der Waals surface area contributed by atoms with E-state index in [1.54, 1.807) is 11.3 Å². The molecular weight excluding hydrogens is 226 g/mol. The summed E-state index contributed by atoms with van der Waals surface area (Å²) in [7, 11) is 0. The lowest BCUT2D eigenvalue weighted by Crippen LogP contribution is -2.07. The van der Waals surface area contributed by atoms with Crippen molar-refractivity contribution in [2.75, 3.05) is 25.1 Å². The zero-order valence-electron chi connectivity index (χ0n) is 8.93. The number of anilines is 1. The van der Waals surface area contributed by atoms with Gasteiger partial charge < -0.3 is 15.2 Å². The summed E-state index contributed by atoms with van der Waals surface area (Å²) in [5, 5.41) is 14.6. The number of hydrogen-bond acceptors (Lipinski definition) is 6. The van der Waals surface area contributed by atoms with E-state index in [0.717, 1.165) is 16.8 Å². The number of hydrogen-bond donors (Lipinski definition) is 2. The number of aliphatic hydroxyl groups is 1. The van der Waals surface area contributed by atoms with Crippen LogP contribution in [-0.2, 0) is 0 Å². The normalized spacial score (nSPS) is 10.6. The number of ether oxygens (including phenoxy) is 1. The molecule has 0 saturated carbocycles. The second kappa shape index (κ2) is 5.09. The molecular formula is C10H13N3O2S. The first-order valence-corrected chi connectivity index (χ1v) is 5.96. The Kier molecular flexibility index (Phi) is 3.53. The number of aromatic nitrogens is 2. The molecule has 0 aromatic carbocycles. The first kappa shape index (κ1) is 11.1. The van der Waals surface area contributed by atoms with Crippen LogP contribution in [0.1, 0.15) is 6.92 Å². The van der Waals surface area contributed by atoms with E-state index in [1.807, 2.05) is 18.4 Å². The van der Waals surface area contributed by atoms with Crippen LogP contribution in [-0.4, -0.2) is 34.8 Å². The number of rotatable bonds is 5. The van der Waals surface area contributed by atoms with Gasteiger partial charge in [0.05, 0.1) is 12.0 Å². The van der Waals surface area contributed by atoms with Gasteiger partial charge in [0, 0.05) is 6.54 Å². The molecule has 86 valence electrons. The molecule has 0 aliphatic heterocycles. The monoisotopic (exact) mass is 239 g/mol. The van der Waals surface area contributed by atoms with Gasteiger partial charge in [-0.25, -0.2) is 4.98 Å². The van der Waals surface area contributed by atoms with Crippen molar-refractivity contribution in [1.29, 1.82) is 0 Å². The minimum Gasteiger partial charge on any atom is -0.475 e. The number of aliphatic hydroxyl groups excluding tert-OH is 1. The SMILES string of the molecule is CCNc1nc(OCCO)c2ccsc2n1. The molecule has 0 aliphatic carbocycles. The second-order valence-corrected chi connectivity index (χ2v) is 3.99. The van der Waals surface area contributed by atoms with Crippen molar-refractivity contribution in [3.63, 3.8) is 0 Å². The van der Waals surface area contributed by atoms with Crippen molar-refractivity contribution in [2.24, 2.45) is 0 Å². The van der Waals surface area contributed by atoms with Crippen LogP contribution in [0, 0.1) is 0 Å². The van der Waals surface area contributed by atoms with Gasteiger partial charge in [-0.3, -0.25) is 0 Å². The van der Waals surface area contributed by atoms with E-state index in [2.05, 4.69) is 15.3 Å². The van der Waals surface area contributed by atoms with Crippen LogP contribution < -0.4 is 10.1 Å². The number of nitrogens with zero attached hydrogens (tertiary/aromatic N) is 2. The van der Waals surface area contributed by atoms with E-state index < -0.39 is 0 Å². The summed E-state index contributed by atoms with van der Waals surface area (Å²) >= 11 is 1.54. The van der Waals surface area contributed by atoms with Crippen LogP contribution >= 0.6 is 11.3 Å². The number of nitrogens with one attached hydrogen (secondary N) is 1. The highest BCUT2D eigenvalue weighted by Crippen LogP contribution is 2.27. The molecule has 5 nitrogen and oxygen atoms in total. The summed E-state index contributed by atoms with van der Waals surface area (Å²) in [4.78, 5) is 9.49. The minimum absolute atomic E-state index is 0.0217. The molecule has 0 saturated heterocycles. The molecule has 2 N–H and O–H groups in total. The van der Waals surface area contributed by atoms with Crippen LogP contribution in [0.15, 0.2) is 11.4 Å².